The van der Waals surface area contributed by atoms with Crippen LogP contribution in [-0.2, 0) is 0 Å². The highest BCUT2D eigenvalue weighted by Crippen LogP contribution is 2.36. The lowest BCUT2D eigenvalue weighted by Crippen LogP contribution is -2.22. The van der Waals surface area contributed by atoms with Crippen molar-refractivity contribution in [2.75, 3.05) is 0 Å². The van der Waals surface area contributed by atoms with Crippen molar-refractivity contribution in [3.05, 3.63) is 0 Å². The van der Waals surface area contributed by atoms with Gasteiger partial charge in [-0.2, -0.15) is 0 Å². The molecular weight excluding hydrogens is 136 g/mol. The highest BCUT2D eigenvalue weighted by atomic mass is 28.3. The van der Waals surface area contributed by atoms with Gasteiger partial charge < -0.3 is 0 Å². The molecule has 0 aliphatic heterocycles. The maximum Gasteiger partial charge on any atom is 0.0340 e. The minimum atomic E-state index is -0.310. The van der Waals surface area contributed by atoms with E-state index in [1.54, 1.807) is 6.42 Å². The topological polar surface area (TPSA) is 0 Å². The molecule has 0 spiro atoms. The SMILES string of the molecule is C[C@H]1CCCC[C@H]1[SiH](C)C. The van der Waals surface area contributed by atoms with E-state index in [-0.39, 0.29) is 8.80 Å². The van der Waals surface area contributed by atoms with Gasteiger partial charge in [-0.25, -0.2) is 0 Å². The molecule has 60 valence electrons. The van der Waals surface area contributed by atoms with Gasteiger partial charge in [0.2, 0.25) is 0 Å². The minimum absolute atomic E-state index is 0.310. The smallest absolute Gasteiger partial charge is 0.0340 e. The van der Waals surface area contributed by atoms with E-state index >= 15 is 0 Å². The van der Waals surface area contributed by atoms with Gasteiger partial charge in [-0.3, -0.25) is 0 Å². The third kappa shape index (κ3) is 1.85. The summed E-state index contributed by atoms with van der Waals surface area (Å²) in [5.74, 6) is 1.06. The average molecular weight is 156 g/mol. The molecule has 0 unspecified atom stereocenters. The molecule has 1 rings (SSSR count). The molecule has 0 radical (unpaired) electrons. The van der Waals surface area contributed by atoms with Crippen LogP contribution in [0.5, 0.6) is 0 Å². The molecule has 0 bridgehead atoms. The molecule has 0 saturated heterocycles. The molecule has 0 aromatic carbocycles. The average Bonchev–Trinajstić information content (AvgIpc) is 1.88. The lowest BCUT2D eigenvalue weighted by atomic mass is 9.90. The van der Waals surface area contributed by atoms with Crippen LogP contribution in [0.4, 0.5) is 0 Å². The first-order valence-corrected chi connectivity index (χ1v) is 7.69. The van der Waals surface area contributed by atoms with E-state index in [1.165, 1.54) is 19.3 Å². The first-order chi connectivity index (χ1) is 4.72. The normalized spacial score (nSPS) is 34.8. The highest BCUT2D eigenvalue weighted by molar-refractivity contribution is 6.57. The highest BCUT2D eigenvalue weighted by Gasteiger charge is 2.23. The summed E-state index contributed by atoms with van der Waals surface area (Å²) in [7, 11) is -0.310. The Morgan fingerprint density at radius 3 is 2.10 bits per heavy atom. The van der Waals surface area contributed by atoms with Crippen molar-refractivity contribution < 1.29 is 0 Å². The Kier molecular flexibility index (Phi) is 2.96. The maximum absolute atomic E-state index is 2.51. The van der Waals surface area contributed by atoms with Gasteiger partial charge in [0.15, 0.2) is 0 Å². The standard InChI is InChI=1S/C9H20Si/c1-8-6-4-5-7-9(8)10(2)3/h8-10H,4-7H2,1-3H3/t8-,9+/m0/s1. The Labute approximate surface area is 66.6 Å². The van der Waals surface area contributed by atoms with Gasteiger partial charge in [-0.1, -0.05) is 45.7 Å². The molecule has 0 heterocycles. The van der Waals surface area contributed by atoms with Gasteiger partial charge in [-0.15, -0.1) is 0 Å². The molecule has 0 nitrogen and oxygen atoms in total. The van der Waals surface area contributed by atoms with E-state index in [4.69, 9.17) is 0 Å². The fourth-order valence-electron chi connectivity index (χ4n) is 2.34. The van der Waals surface area contributed by atoms with Crippen LogP contribution in [0.3, 0.4) is 0 Å². The zero-order valence-corrected chi connectivity index (χ0v) is 8.72. The molecule has 10 heavy (non-hydrogen) atoms. The second-order valence-corrected chi connectivity index (χ2v) is 7.51. The van der Waals surface area contributed by atoms with Gasteiger partial charge in [-0.05, 0) is 11.5 Å². The quantitative estimate of drug-likeness (QED) is 0.512. The third-order valence-electron chi connectivity index (χ3n) is 3.03. The Balaban J connectivity index is 2.40. The summed E-state index contributed by atoms with van der Waals surface area (Å²) in [6.45, 7) is 7.47. The summed E-state index contributed by atoms with van der Waals surface area (Å²) in [5.41, 5.74) is 1.16. The fourth-order valence-corrected chi connectivity index (χ4v) is 4.74. The molecule has 2 atom stereocenters. The van der Waals surface area contributed by atoms with Crippen molar-refractivity contribution in [1.82, 2.24) is 0 Å². The van der Waals surface area contributed by atoms with Crippen molar-refractivity contribution in [2.24, 2.45) is 5.92 Å². The number of rotatable bonds is 1. The molecule has 0 aromatic heterocycles. The van der Waals surface area contributed by atoms with Gasteiger partial charge in [0.25, 0.3) is 0 Å². The van der Waals surface area contributed by atoms with Gasteiger partial charge >= 0.3 is 0 Å². The van der Waals surface area contributed by atoms with Crippen LogP contribution >= 0.6 is 0 Å². The van der Waals surface area contributed by atoms with Crippen molar-refractivity contribution >= 4 is 8.80 Å². The van der Waals surface area contributed by atoms with Gasteiger partial charge in [0, 0.05) is 8.80 Å². The molecule has 1 heteroatoms. The van der Waals surface area contributed by atoms with E-state index in [0.717, 1.165) is 11.5 Å². The van der Waals surface area contributed by atoms with Crippen molar-refractivity contribution in [3.63, 3.8) is 0 Å². The Hall–Kier alpha value is 0.217. The summed E-state index contributed by atoms with van der Waals surface area (Å²) in [5, 5.41) is 0. The minimum Gasteiger partial charge on any atom is -0.0720 e. The maximum atomic E-state index is 2.51. The molecule has 1 aliphatic rings. The zero-order chi connectivity index (χ0) is 7.56. The molecule has 0 aromatic rings. The molecule has 0 amide bonds. The zero-order valence-electron chi connectivity index (χ0n) is 7.56. The fraction of sp³-hybridized carbons (Fsp3) is 1.00. The van der Waals surface area contributed by atoms with Crippen molar-refractivity contribution in [1.29, 1.82) is 0 Å². The molecule has 1 saturated carbocycles. The first kappa shape index (κ1) is 8.31. The van der Waals surface area contributed by atoms with Crippen LogP contribution in [-0.4, -0.2) is 8.80 Å². The second kappa shape index (κ2) is 3.56. The van der Waals surface area contributed by atoms with Gasteiger partial charge in [0.1, 0.15) is 0 Å². The van der Waals surface area contributed by atoms with Crippen LogP contribution in [0.1, 0.15) is 32.6 Å². The molecule has 1 fully saturated rings. The molecule has 0 N–H and O–H groups in total. The molecule has 1 aliphatic carbocycles. The summed E-state index contributed by atoms with van der Waals surface area (Å²) in [6.07, 6.45) is 6.07. The van der Waals surface area contributed by atoms with Crippen LogP contribution < -0.4 is 0 Å². The Bertz CT molecular complexity index is 98.9. The van der Waals surface area contributed by atoms with E-state index in [1.807, 2.05) is 0 Å². The third-order valence-corrected chi connectivity index (χ3v) is 5.74. The van der Waals surface area contributed by atoms with Crippen LogP contribution in [0.25, 0.3) is 0 Å². The molecular formula is C9H20Si. The van der Waals surface area contributed by atoms with Crippen LogP contribution in [0.15, 0.2) is 0 Å². The summed E-state index contributed by atoms with van der Waals surface area (Å²) < 4.78 is 0. The lowest BCUT2D eigenvalue weighted by Gasteiger charge is -2.31. The Morgan fingerprint density at radius 2 is 1.70 bits per heavy atom. The van der Waals surface area contributed by atoms with E-state index < -0.39 is 0 Å². The van der Waals surface area contributed by atoms with E-state index in [0.29, 0.717) is 0 Å². The predicted molar refractivity (Wildman–Crippen MR) is 50.3 cm³/mol. The summed E-state index contributed by atoms with van der Waals surface area (Å²) in [4.78, 5) is 0. The lowest BCUT2D eigenvalue weighted by molar-refractivity contribution is 0.380. The van der Waals surface area contributed by atoms with Crippen molar-refractivity contribution in [2.45, 2.75) is 51.2 Å². The van der Waals surface area contributed by atoms with Crippen molar-refractivity contribution in [3.8, 4) is 0 Å². The number of hydrogen-bond donors (Lipinski definition) is 0. The first-order valence-electron chi connectivity index (χ1n) is 4.72. The van der Waals surface area contributed by atoms with Gasteiger partial charge in [0.05, 0.1) is 0 Å². The van der Waals surface area contributed by atoms with E-state index in [2.05, 4.69) is 20.0 Å². The summed E-state index contributed by atoms with van der Waals surface area (Å²) in [6, 6.07) is 0. The van der Waals surface area contributed by atoms with Crippen LogP contribution in [0.2, 0.25) is 18.6 Å². The monoisotopic (exact) mass is 156 g/mol. The van der Waals surface area contributed by atoms with Crippen LogP contribution in [0, 0.1) is 5.92 Å². The number of hydrogen-bond acceptors (Lipinski definition) is 0. The Morgan fingerprint density at radius 1 is 1.10 bits per heavy atom. The second-order valence-electron chi connectivity index (χ2n) is 4.17. The largest absolute Gasteiger partial charge is 0.0720 e. The van der Waals surface area contributed by atoms with E-state index in [9.17, 15) is 0 Å². The summed E-state index contributed by atoms with van der Waals surface area (Å²) >= 11 is 0. The predicted octanol–water partition coefficient (Wildman–Crippen LogP) is 3.05.